The minimum Gasteiger partial charge on any atom is -0.323 e. The third-order valence-electron chi connectivity index (χ3n) is 6.81. The third-order valence-corrected chi connectivity index (χ3v) is 8.22. The van der Waals surface area contributed by atoms with E-state index in [9.17, 15) is 154 Å². The molecule has 56 heavy (non-hydrogen) atoms. The molecule has 0 rings (SSSR count). The number of nitrogens with two attached hydrogens (primary N) is 3. The smallest absolute Gasteiger partial charge is 0.323 e. The van der Waals surface area contributed by atoms with Gasteiger partial charge in [0.15, 0.2) is 0 Å². The van der Waals surface area contributed by atoms with Crippen LogP contribution in [0.4, 0.5) is 154 Å². The number of hydrogen-bond acceptors (Lipinski definition) is 3. The standard InChI is InChI=1S/C17H6F35N3Si/c18-1(19,2(20,21)4(24,25)6(28,29)8(32,33)10(36,37)12(40,41)14(44,45)16(48,49)50)3(22,23)5(26,27)7(30,31)9(34,35)11(38,39)13(42,43)15(46,47)17(51,52)56(53,54)55/h53-55H2. The van der Waals surface area contributed by atoms with Crippen LogP contribution >= 0.6 is 0 Å². The van der Waals surface area contributed by atoms with Gasteiger partial charge in [-0.05, 0) is 0 Å². The fourth-order valence-electron chi connectivity index (χ4n) is 3.21. The average Bonchev–Trinajstić information content (AvgIpc) is 2.94. The summed E-state index contributed by atoms with van der Waals surface area (Å²) < 4.78 is 473. The Balaban J connectivity index is 7.85. The van der Waals surface area contributed by atoms with Crippen LogP contribution < -0.4 is 16.2 Å². The zero-order valence-electron chi connectivity index (χ0n) is 24.0. The molecule has 0 fully saturated rings. The first-order valence-electron chi connectivity index (χ1n) is 11.7. The molecule has 0 spiro atoms. The van der Waals surface area contributed by atoms with E-state index in [-0.39, 0.29) is 0 Å². The quantitative estimate of drug-likeness (QED) is 0.107. The lowest BCUT2D eigenvalue weighted by molar-refractivity contribution is -0.492. The zero-order chi connectivity index (χ0) is 47.0. The van der Waals surface area contributed by atoms with Gasteiger partial charge in [-0.15, -0.1) is 0 Å². The molecule has 0 aromatic carbocycles. The summed E-state index contributed by atoms with van der Waals surface area (Å²) in [5.74, 6) is -148. The van der Waals surface area contributed by atoms with Crippen LogP contribution in [0.1, 0.15) is 0 Å². The molecule has 0 heterocycles. The lowest BCUT2D eigenvalue weighted by atomic mass is 9.82. The Morgan fingerprint density at radius 3 is 0.393 bits per heavy atom. The second kappa shape index (κ2) is 12.6. The van der Waals surface area contributed by atoms with Crippen molar-refractivity contribution in [3.63, 3.8) is 0 Å². The Morgan fingerprint density at radius 1 is 0.179 bits per heavy atom. The minimum absolute atomic E-state index is 3.88. The summed E-state index contributed by atoms with van der Waals surface area (Å²) in [5.41, 5.74) is -7.53. The predicted octanol–water partition coefficient (Wildman–Crippen LogP) is 9.07. The molecule has 0 bridgehead atoms. The average molecular weight is 945 g/mol. The van der Waals surface area contributed by atoms with Crippen LogP contribution in [0.2, 0.25) is 0 Å². The summed E-state index contributed by atoms with van der Waals surface area (Å²) >= 11 is 0. The molecule has 0 atom stereocenters. The summed E-state index contributed by atoms with van der Waals surface area (Å²) in [4.78, 5) is 0. The maximum atomic E-state index is 13.9. The van der Waals surface area contributed by atoms with Crippen LogP contribution in [0.5, 0.6) is 0 Å². The largest absolute Gasteiger partial charge is 0.460 e. The maximum Gasteiger partial charge on any atom is 0.460 e. The van der Waals surface area contributed by atoms with E-state index in [2.05, 4.69) is 16.2 Å². The minimum atomic E-state index is -10.3. The van der Waals surface area contributed by atoms with Gasteiger partial charge in [-0.25, -0.2) is 0 Å². The van der Waals surface area contributed by atoms with Crippen LogP contribution in [0.25, 0.3) is 0 Å². The summed E-state index contributed by atoms with van der Waals surface area (Å²) in [5, 5.41) is 11.6. The van der Waals surface area contributed by atoms with E-state index in [0.29, 0.717) is 0 Å². The molecule has 0 aliphatic carbocycles. The van der Waals surface area contributed by atoms with Gasteiger partial charge >= 0.3 is 109 Å². The molecule has 0 unspecified atom stereocenters. The molecule has 0 aromatic heterocycles. The molecular formula is C17H6F35N3Si. The van der Waals surface area contributed by atoms with Gasteiger partial charge in [0.05, 0.1) is 0 Å². The molecule has 39 heteroatoms. The highest BCUT2D eigenvalue weighted by Crippen LogP contribution is 2.70. The molecule has 338 valence electrons. The molecule has 6 N–H and O–H groups in total. The van der Waals surface area contributed by atoms with E-state index in [0.717, 1.165) is 0 Å². The van der Waals surface area contributed by atoms with Crippen molar-refractivity contribution in [1.82, 2.24) is 0 Å². The van der Waals surface area contributed by atoms with Gasteiger partial charge in [0, 0.05) is 0 Å². The monoisotopic (exact) mass is 945 g/mol. The van der Waals surface area contributed by atoms with Crippen molar-refractivity contribution < 1.29 is 154 Å². The van der Waals surface area contributed by atoms with E-state index in [1.165, 1.54) is 0 Å². The Bertz CT molecular complexity index is 1340. The first-order valence-corrected chi connectivity index (χ1v) is 14.0. The second-order valence-corrected chi connectivity index (χ2v) is 13.1. The highest BCUT2D eigenvalue weighted by molar-refractivity contribution is 6.73. The summed E-state index contributed by atoms with van der Waals surface area (Å²) in [6.07, 6.45) is -8.44. The molecule has 0 radical (unpaired) electrons. The van der Waals surface area contributed by atoms with E-state index < -0.39 is 109 Å². The van der Waals surface area contributed by atoms with Crippen molar-refractivity contribution in [1.29, 1.82) is 0 Å². The van der Waals surface area contributed by atoms with Gasteiger partial charge in [-0.3, -0.25) is 0 Å². The van der Waals surface area contributed by atoms with Gasteiger partial charge in [0.1, 0.15) is 0 Å². The SMILES string of the molecule is N[Si](N)(N)C(F)(F)C(F)(F)C(F)(F)C(F)(F)C(F)(F)C(F)(F)C(F)(F)C(F)(F)C(F)(F)C(F)(F)C(F)(F)C(F)(F)C(F)(F)C(F)(F)C(F)(F)C(F)(F)C(F)(F)F. The van der Waals surface area contributed by atoms with Crippen LogP contribution in [0, 0.1) is 0 Å². The van der Waals surface area contributed by atoms with E-state index >= 15 is 0 Å². The normalized spacial score (nSPS) is 17.5. The molecule has 0 saturated heterocycles. The van der Waals surface area contributed by atoms with Crippen molar-refractivity contribution in [2.24, 2.45) is 16.2 Å². The van der Waals surface area contributed by atoms with Gasteiger partial charge in [0.25, 0.3) is 0 Å². The molecular weight excluding hydrogens is 939 g/mol. The van der Waals surface area contributed by atoms with Gasteiger partial charge in [-0.1, -0.05) is 0 Å². The van der Waals surface area contributed by atoms with Crippen LogP contribution in [-0.2, 0) is 0 Å². The molecule has 0 saturated carbocycles. The predicted molar refractivity (Wildman–Crippen MR) is 104 cm³/mol. The summed E-state index contributed by atoms with van der Waals surface area (Å²) in [6, 6.07) is 0. The number of alkyl halides is 35. The van der Waals surface area contributed by atoms with Crippen molar-refractivity contribution >= 4 is 8.56 Å². The second-order valence-electron chi connectivity index (χ2n) is 10.6. The van der Waals surface area contributed by atoms with Crippen molar-refractivity contribution in [2.75, 3.05) is 0 Å². The van der Waals surface area contributed by atoms with E-state index in [1.54, 1.807) is 0 Å². The van der Waals surface area contributed by atoms with Gasteiger partial charge in [0.2, 0.25) is 0 Å². The van der Waals surface area contributed by atoms with Crippen LogP contribution in [0.15, 0.2) is 0 Å². The highest BCUT2D eigenvalue weighted by atomic mass is 28.4. The number of rotatable bonds is 16. The molecule has 0 aromatic rings. The summed E-state index contributed by atoms with van der Waals surface area (Å²) in [6.45, 7) is 0. The third kappa shape index (κ3) is 5.84. The van der Waals surface area contributed by atoms with Crippen LogP contribution in [-0.4, -0.2) is 109 Å². The Kier molecular flexibility index (Phi) is 12.1. The first-order chi connectivity index (χ1) is 23.2. The topological polar surface area (TPSA) is 78.1 Å². The lowest BCUT2D eigenvalue weighted by Crippen LogP contribution is -2.85. The number of hydrogen-bond donors (Lipinski definition) is 3. The molecule has 0 aliphatic rings. The highest BCUT2D eigenvalue weighted by Gasteiger charge is 3.02. The molecule has 3 nitrogen and oxygen atoms in total. The molecule has 0 aliphatic heterocycles. The summed E-state index contributed by atoms with van der Waals surface area (Å²) in [7, 11) is -7.15. The van der Waals surface area contributed by atoms with Crippen LogP contribution in [0.3, 0.4) is 0 Å². The van der Waals surface area contributed by atoms with Crippen molar-refractivity contribution in [2.45, 2.75) is 101 Å². The van der Waals surface area contributed by atoms with Gasteiger partial charge in [-0.2, -0.15) is 154 Å². The Morgan fingerprint density at radius 2 is 0.286 bits per heavy atom. The lowest BCUT2D eigenvalue weighted by Gasteiger charge is -2.47. The Hall–Kier alpha value is -2.35. The Labute approximate surface area is 280 Å². The number of halogens is 35. The zero-order valence-corrected chi connectivity index (χ0v) is 25.0. The fraction of sp³-hybridized carbons (Fsp3) is 1.00. The maximum absolute atomic E-state index is 13.9. The van der Waals surface area contributed by atoms with Crippen molar-refractivity contribution in [3.05, 3.63) is 0 Å². The first kappa shape index (κ1) is 53.6. The fourth-order valence-corrected chi connectivity index (χ4v) is 3.91. The van der Waals surface area contributed by atoms with Crippen molar-refractivity contribution in [3.8, 4) is 0 Å². The van der Waals surface area contributed by atoms with Gasteiger partial charge < -0.3 is 16.2 Å². The molecule has 0 amide bonds. The van der Waals surface area contributed by atoms with E-state index in [4.69, 9.17) is 0 Å². The van der Waals surface area contributed by atoms with E-state index in [1.807, 2.05) is 0 Å².